The number of H-pyrrole nitrogens is 1. The van der Waals surface area contributed by atoms with Crippen molar-refractivity contribution in [3.05, 3.63) is 12.5 Å². The third-order valence-corrected chi connectivity index (χ3v) is 1.44. The lowest BCUT2D eigenvalue weighted by Gasteiger charge is -1.96. The Morgan fingerprint density at radius 1 is 1.42 bits per heavy atom. The fourth-order valence-corrected chi connectivity index (χ4v) is 0.840. The van der Waals surface area contributed by atoms with E-state index in [1.807, 2.05) is 0 Å². The van der Waals surface area contributed by atoms with Gasteiger partial charge in [0.05, 0.1) is 11.9 Å². The number of hydrogen-bond donors (Lipinski definition) is 3. The maximum atomic E-state index is 5.58. The molecule has 7 heteroatoms. The second-order valence-electron chi connectivity index (χ2n) is 2.21. The fourth-order valence-electron chi connectivity index (χ4n) is 0.840. The summed E-state index contributed by atoms with van der Waals surface area (Å²) in [6, 6.07) is 0. The molecular formula is C5H7N7. The molecule has 0 radical (unpaired) electrons. The first-order valence-corrected chi connectivity index (χ1v) is 3.24. The van der Waals surface area contributed by atoms with Gasteiger partial charge in [0, 0.05) is 0 Å². The standard InChI is InChI=1S/C5H7N7/c6-3-1-10-12(4(3)7)5-8-2-9-11-5/h1-2H,6-7H2,(H,8,9,11). The number of nitrogens with two attached hydrogens (primary N) is 2. The van der Waals surface area contributed by atoms with Crippen molar-refractivity contribution in [1.82, 2.24) is 25.0 Å². The van der Waals surface area contributed by atoms with Gasteiger partial charge in [-0.2, -0.15) is 19.9 Å². The predicted octanol–water partition coefficient (Wildman–Crippen LogP) is -0.845. The molecule has 2 aromatic heterocycles. The molecule has 7 nitrogen and oxygen atoms in total. The van der Waals surface area contributed by atoms with E-state index in [0.29, 0.717) is 17.5 Å². The van der Waals surface area contributed by atoms with Gasteiger partial charge in [-0.15, -0.1) is 0 Å². The Morgan fingerprint density at radius 2 is 2.25 bits per heavy atom. The summed E-state index contributed by atoms with van der Waals surface area (Å²) in [6.07, 6.45) is 2.82. The molecule has 5 N–H and O–H groups in total. The highest BCUT2D eigenvalue weighted by atomic mass is 15.4. The zero-order valence-corrected chi connectivity index (χ0v) is 6.10. The highest BCUT2D eigenvalue weighted by Gasteiger charge is 2.07. The summed E-state index contributed by atoms with van der Waals surface area (Å²) in [5.41, 5.74) is 11.5. The molecule has 0 spiro atoms. The zero-order valence-electron chi connectivity index (χ0n) is 6.10. The van der Waals surface area contributed by atoms with E-state index in [0.717, 1.165) is 0 Å². The molecule has 2 rings (SSSR count). The first kappa shape index (κ1) is 6.65. The normalized spacial score (nSPS) is 10.3. The summed E-state index contributed by atoms with van der Waals surface area (Å²) in [6.45, 7) is 0. The summed E-state index contributed by atoms with van der Waals surface area (Å²) in [7, 11) is 0. The lowest BCUT2D eigenvalue weighted by atomic mass is 10.5. The Balaban J connectivity index is 2.55. The van der Waals surface area contributed by atoms with Crippen molar-refractivity contribution >= 4 is 11.5 Å². The third kappa shape index (κ3) is 0.797. The third-order valence-electron chi connectivity index (χ3n) is 1.44. The maximum absolute atomic E-state index is 5.58. The highest BCUT2D eigenvalue weighted by molar-refractivity contribution is 5.58. The van der Waals surface area contributed by atoms with E-state index in [1.165, 1.54) is 17.2 Å². The van der Waals surface area contributed by atoms with Crippen LogP contribution in [0, 0.1) is 0 Å². The van der Waals surface area contributed by atoms with Crippen LogP contribution in [-0.2, 0) is 0 Å². The van der Waals surface area contributed by atoms with Crippen molar-refractivity contribution in [3.63, 3.8) is 0 Å². The Morgan fingerprint density at radius 3 is 2.75 bits per heavy atom. The minimum Gasteiger partial charge on any atom is -0.394 e. The molecule has 0 amide bonds. The molecule has 0 unspecified atom stereocenters. The van der Waals surface area contributed by atoms with Gasteiger partial charge in [-0.25, -0.2) is 5.10 Å². The summed E-state index contributed by atoms with van der Waals surface area (Å²) in [5.74, 6) is 0.802. The molecule has 2 aromatic rings. The molecule has 0 aromatic carbocycles. The predicted molar refractivity (Wildman–Crippen MR) is 42.3 cm³/mol. The first-order valence-electron chi connectivity index (χ1n) is 3.24. The minimum absolute atomic E-state index is 0.353. The van der Waals surface area contributed by atoms with Crippen LogP contribution in [0.4, 0.5) is 11.5 Å². The zero-order chi connectivity index (χ0) is 8.55. The van der Waals surface area contributed by atoms with Crippen molar-refractivity contribution in [2.24, 2.45) is 0 Å². The molecule has 12 heavy (non-hydrogen) atoms. The van der Waals surface area contributed by atoms with Crippen LogP contribution in [0.2, 0.25) is 0 Å². The van der Waals surface area contributed by atoms with Crippen molar-refractivity contribution < 1.29 is 0 Å². The molecule has 0 atom stereocenters. The van der Waals surface area contributed by atoms with Gasteiger partial charge in [-0.05, 0) is 0 Å². The van der Waals surface area contributed by atoms with Gasteiger partial charge < -0.3 is 11.5 Å². The van der Waals surface area contributed by atoms with Crippen LogP contribution >= 0.6 is 0 Å². The van der Waals surface area contributed by atoms with Gasteiger partial charge in [-0.3, -0.25) is 0 Å². The molecule has 0 aliphatic heterocycles. The van der Waals surface area contributed by atoms with E-state index in [-0.39, 0.29) is 0 Å². The smallest absolute Gasteiger partial charge is 0.248 e. The van der Waals surface area contributed by atoms with Crippen LogP contribution in [0.5, 0.6) is 0 Å². The van der Waals surface area contributed by atoms with Gasteiger partial charge in [0.2, 0.25) is 5.95 Å². The molecule has 0 aliphatic carbocycles. The number of aromatic nitrogens is 5. The minimum atomic E-state index is 0.353. The lowest BCUT2D eigenvalue weighted by molar-refractivity contribution is 0.823. The van der Waals surface area contributed by atoms with Crippen LogP contribution in [0.25, 0.3) is 5.95 Å². The van der Waals surface area contributed by atoms with E-state index in [2.05, 4.69) is 20.3 Å². The molecule has 0 saturated heterocycles. The number of anilines is 2. The summed E-state index contributed by atoms with van der Waals surface area (Å²) < 4.78 is 1.38. The van der Waals surface area contributed by atoms with Crippen molar-refractivity contribution in [1.29, 1.82) is 0 Å². The van der Waals surface area contributed by atoms with Crippen LogP contribution in [0.15, 0.2) is 12.5 Å². The second kappa shape index (κ2) is 2.22. The van der Waals surface area contributed by atoms with Crippen LogP contribution < -0.4 is 11.5 Å². The second-order valence-corrected chi connectivity index (χ2v) is 2.21. The van der Waals surface area contributed by atoms with Crippen molar-refractivity contribution in [2.45, 2.75) is 0 Å². The van der Waals surface area contributed by atoms with Gasteiger partial charge >= 0.3 is 0 Å². The van der Waals surface area contributed by atoms with Gasteiger partial charge in [-0.1, -0.05) is 0 Å². The first-order chi connectivity index (χ1) is 5.79. The Bertz CT molecular complexity index is 372. The molecule has 0 fully saturated rings. The van der Waals surface area contributed by atoms with Gasteiger partial charge in [0.25, 0.3) is 0 Å². The quantitative estimate of drug-likeness (QED) is 0.509. The topological polar surface area (TPSA) is 111 Å². The highest BCUT2D eigenvalue weighted by Crippen LogP contribution is 2.14. The van der Waals surface area contributed by atoms with Crippen LogP contribution in [0.1, 0.15) is 0 Å². The Labute approximate surface area is 67.4 Å². The average molecular weight is 165 g/mol. The Kier molecular flexibility index (Phi) is 1.23. The van der Waals surface area contributed by atoms with Gasteiger partial charge in [0.15, 0.2) is 5.82 Å². The number of nitrogens with zero attached hydrogens (tertiary/aromatic N) is 4. The van der Waals surface area contributed by atoms with Crippen molar-refractivity contribution in [2.75, 3.05) is 11.5 Å². The number of rotatable bonds is 1. The molecule has 0 bridgehead atoms. The SMILES string of the molecule is Nc1cnn(-c2ncn[nH]2)c1N. The van der Waals surface area contributed by atoms with E-state index < -0.39 is 0 Å². The number of hydrogen-bond acceptors (Lipinski definition) is 5. The summed E-state index contributed by atoms with van der Waals surface area (Å²) in [4.78, 5) is 3.86. The Hall–Kier alpha value is -2.05. The van der Waals surface area contributed by atoms with E-state index >= 15 is 0 Å². The lowest BCUT2D eigenvalue weighted by Crippen LogP contribution is -2.04. The largest absolute Gasteiger partial charge is 0.394 e. The number of aromatic amines is 1. The van der Waals surface area contributed by atoms with Gasteiger partial charge in [0.1, 0.15) is 6.33 Å². The number of nitrogens with one attached hydrogen (secondary N) is 1. The van der Waals surface area contributed by atoms with Crippen molar-refractivity contribution in [3.8, 4) is 5.95 Å². The monoisotopic (exact) mass is 165 g/mol. The molecule has 62 valence electrons. The maximum Gasteiger partial charge on any atom is 0.248 e. The summed E-state index contributed by atoms with van der Waals surface area (Å²) in [5, 5.41) is 10.2. The van der Waals surface area contributed by atoms with E-state index in [9.17, 15) is 0 Å². The van der Waals surface area contributed by atoms with E-state index in [4.69, 9.17) is 11.5 Å². The fraction of sp³-hybridized carbons (Fsp3) is 0. The molecule has 0 aliphatic rings. The number of nitrogen functional groups attached to an aromatic ring is 2. The molecule has 0 saturated carbocycles. The summed E-state index contributed by atoms with van der Waals surface area (Å²) >= 11 is 0. The average Bonchev–Trinajstić information content (AvgIpc) is 2.64. The molecular weight excluding hydrogens is 158 g/mol. The van der Waals surface area contributed by atoms with E-state index in [1.54, 1.807) is 0 Å². The van der Waals surface area contributed by atoms with Crippen LogP contribution in [-0.4, -0.2) is 25.0 Å². The van der Waals surface area contributed by atoms with Crippen LogP contribution in [0.3, 0.4) is 0 Å². The molecule has 2 heterocycles.